The van der Waals surface area contributed by atoms with Crippen LogP contribution in [0.1, 0.15) is 48.3 Å². The second-order valence-corrected chi connectivity index (χ2v) is 6.60. The summed E-state index contributed by atoms with van der Waals surface area (Å²) in [6, 6.07) is 5.19. The Morgan fingerprint density at radius 3 is 2.95 bits per heavy atom. The fraction of sp³-hybridized carbons (Fsp3) is 0.562. The van der Waals surface area contributed by atoms with Crippen molar-refractivity contribution in [3.8, 4) is 5.75 Å². The zero-order valence-corrected chi connectivity index (χ0v) is 13.5. The normalized spacial score (nSPS) is 17.2. The van der Waals surface area contributed by atoms with Crippen LogP contribution in [0.3, 0.4) is 0 Å². The molecular formula is C16H23N3OS. The van der Waals surface area contributed by atoms with Crippen LogP contribution in [0.2, 0.25) is 0 Å². The maximum absolute atomic E-state index is 5.27. The molecule has 3 rings (SSSR count). The summed E-state index contributed by atoms with van der Waals surface area (Å²) in [7, 11) is 3.72. The van der Waals surface area contributed by atoms with E-state index < -0.39 is 0 Å². The first kappa shape index (κ1) is 14.6. The summed E-state index contributed by atoms with van der Waals surface area (Å²) in [6.45, 7) is 0. The van der Waals surface area contributed by atoms with E-state index in [9.17, 15) is 0 Å². The molecule has 2 heterocycles. The lowest BCUT2D eigenvalue weighted by molar-refractivity contribution is 0.416. The van der Waals surface area contributed by atoms with Gasteiger partial charge in [-0.25, -0.2) is 0 Å². The van der Waals surface area contributed by atoms with Crippen molar-refractivity contribution in [3.05, 3.63) is 34.3 Å². The standard InChI is InChI=1S/C16H23N3OS/c1-17-15(16-10-14(20-2)11-21-16)9-12-7-8-19(18-12)13-5-3-4-6-13/h7-8,10-11,13,15,17H,3-6,9H2,1-2H3. The van der Waals surface area contributed by atoms with Crippen molar-refractivity contribution in [3.63, 3.8) is 0 Å². The number of thiophene rings is 1. The summed E-state index contributed by atoms with van der Waals surface area (Å²) in [6.07, 6.45) is 8.30. The van der Waals surface area contributed by atoms with Crippen LogP contribution in [0, 0.1) is 0 Å². The largest absolute Gasteiger partial charge is 0.496 e. The molecule has 1 aliphatic carbocycles. The zero-order valence-electron chi connectivity index (χ0n) is 12.7. The van der Waals surface area contributed by atoms with Gasteiger partial charge in [0.25, 0.3) is 0 Å². The zero-order chi connectivity index (χ0) is 14.7. The molecule has 2 aromatic rings. The summed E-state index contributed by atoms with van der Waals surface area (Å²) in [5.41, 5.74) is 1.16. The number of hydrogen-bond acceptors (Lipinski definition) is 4. The number of rotatable bonds is 6. The topological polar surface area (TPSA) is 39.1 Å². The van der Waals surface area contributed by atoms with Gasteiger partial charge >= 0.3 is 0 Å². The van der Waals surface area contributed by atoms with E-state index in [0.29, 0.717) is 12.1 Å². The van der Waals surface area contributed by atoms with Crippen LogP contribution in [-0.4, -0.2) is 23.9 Å². The fourth-order valence-electron chi connectivity index (χ4n) is 3.04. The number of hydrogen-bond donors (Lipinski definition) is 1. The van der Waals surface area contributed by atoms with E-state index in [1.54, 1.807) is 18.4 Å². The average molecular weight is 305 g/mol. The van der Waals surface area contributed by atoms with Crippen LogP contribution in [0.4, 0.5) is 0 Å². The molecule has 4 nitrogen and oxygen atoms in total. The van der Waals surface area contributed by atoms with E-state index >= 15 is 0 Å². The molecule has 1 aliphatic rings. The number of nitrogens with one attached hydrogen (secondary N) is 1. The Morgan fingerprint density at radius 1 is 1.48 bits per heavy atom. The molecule has 21 heavy (non-hydrogen) atoms. The quantitative estimate of drug-likeness (QED) is 0.887. The monoisotopic (exact) mass is 305 g/mol. The highest BCUT2D eigenvalue weighted by Crippen LogP contribution is 2.30. The van der Waals surface area contributed by atoms with E-state index in [4.69, 9.17) is 9.84 Å². The van der Waals surface area contributed by atoms with Crippen molar-refractivity contribution >= 4 is 11.3 Å². The van der Waals surface area contributed by atoms with E-state index in [1.807, 2.05) is 7.05 Å². The SMILES string of the molecule is CNC(Cc1ccn(C2CCCC2)n1)c1cc(OC)cs1. The highest BCUT2D eigenvalue weighted by molar-refractivity contribution is 7.10. The first-order valence-corrected chi connectivity index (χ1v) is 8.52. The molecule has 0 spiro atoms. The molecule has 0 aliphatic heterocycles. The lowest BCUT2D eigenvalue weighted by Crippen LogP contribution is -2.18. The highest BCUT2D eigenvalue weighted by atomic mass is 32.1. The Morgan fingerprint density at radius 2 is 2.29 bits per heavy atom. The summed E-state index contributed by atoms with van der Waals surface area (Å²) >= 11 is 1.74. The third-order valence-electron chi connectivity index (χ3n) is 4.30. The molecule has 114 valence electrons. The molecule has 1 saturated carbocycles. The minimum absolute atomic E-state index is 0.297. The van der Waals surface area contributed by atoms with Crippen molar-refractivity contribution in [2.24, 2.45) is 0 Å². The molecule has 1 atom stereocenters. The summed E-state index contributed by atoms with van der Waals surface area (Å²) in [5, 5.41) is 10.2. The fourth-order valence-corrected chi connectivity index (χ4v) is 4.00. The van der Waals surface area contributed by atoms with Gasteiger partial charge in [0.2, 0.25) is 0 Å². The number of methoxy groups -OCH3 is 1. The first-order valence-electron chi connectivity index (χ1n) is 7.64. The van der Waals surface area contributed by atoms with Crippen molar-refractivity contribution < 1.29 is 4.74 Å². The summed E-state index contributed by atoms with van der Waals surface area (Å²) < 4.78 is 7.44. The van der Waals surface area contributed by atoms with Gasteiger partial charge in [-0.05, 0) is 32.0 Å². The van der Waals surface area contributed by atoms with E-state index in [2.05, 4.69) is 33.7 Å². The lowest BCUT2D eigenvalue weighted by Gasteiger charge is -2.13. The van der Waals surface area contributed by atoms with Crippen LogP contribution in [-0.2, 0) is 6.42 Å². The van der Waals surface area contributed by atoms with Gasteiger partial charge < -0.3 is 10.1 Å². The summed E-state index contributed by atoms with van der Waals surface area (Å²) in [5.74, 6) is 0.937. The van der Waals surface area contributed by atoms with Crippen molar-refractivity contribution in [1.29, 1.82) is 0 Å². The van der Waals surface area contributed by atoms with Gasteiger partial charge in [-0.1, -0.05) is 12.8 Å². The van der Waals surface area contributed by atoms with Gasteiger partial charge in [-0.2, -0.15) is 5.10 Å². The Bertz CT molecular complexity index is 572. The number of likely N-dealkylation sites (N-methyl/N-ethyl adjacent to an activating group) is 1. The highest BCUT2D eigenvalue weighted by Gasteiger charge is 2.19. The minimum atomic E-state index is 0.297. The second kappa shape index (κ2) is 6.62. The molecule has 2 aromatic heterocycles. The van der Waals surface area contributed by atoms with Gasteiger partial charge in [-0.15, -0.1) is 11.3 Å². The van der Waals surface area contributed by atoms with Crippen LogP contribution in [0.5, 0.6) is 5.75 Å². The van der Waals surface area contributed by atoms with Crippen LogP contribution in [0.25, 0.3) is 0 Å². The predicted molar refractivity (Wildman–Crippen MR) is 86.1 cm³/mol. The summed E-state index contributed by atoms with van der Waals surface area (Å²) in [4.78, 5) is 1.30. The maximum Gasteiger partial charge on any atom is 0.129 e. The molecule has 0 amide bonds. The number of aromatic nitrogens is 2. The van der Waals surface area contributed by atoms with Gasteiger partial charge in [0, 0.05) is 28.9 Å². The molecule has 0 saturated heterocycles. The molecular weight excluding hydrogens is 282 g/mol. The van der Waals surface area contributed by atoms with E-state index in [1.165, 1.54) is 30.6 Å². The van der Waals surface area contributed by atoms with Gasteiger partial charge in [0.15, 0.2) is 0 Å². The third kappa shape index (κ3) is 3.30. The smallest absolute Gasteiger partial charge is 0.129 e. The molecule has 1 N–H and O–H groups in total. The first-order chi connectivity index (χ1) is 10.3. The number of nitrogens with zero attached hydrogens (tertiary/aromatic N) is 2. The molecule has 5 heteroatoms. The Hall–Kier alpha value is -1.33. The van der Waals surface area contributed by atoms with E-state index in [0.717, 1.165) is 17.9 Å². The molecule has 1 unspecified atom stereocenters. The van der Waals surface area contributed by atoms with Crippen molar-refractivity contribution in [2.45, 2.75) is 44.2 Å². The molecule has 0 bridgehead atoms. The molecule has 0 radical (unpaired) electrons. The Kier molecular flexibility index (Phi) is 4.60. The van der Waals surface area contributed by atoms with Crippen molar-refractivity contribution in [1.82, 2.24) is 15.1 Å². The maximum atomic E-state index is 5.27. The Labute approximate surface area is 130 Å². The predicted octanol–water partition coefficient (Wildman–Crippen LogP) is 3.57. The molecule has 0 aromatic carbocycles. The second-order valence-electron chi connectivity index (χ2n) is 5.66. The van der Waals surface area contributed by atoms with Crippen LogP contribution >= 0.6 is 11.3 Å². The van der Waals surface area contributed by atoms with E-state index in [-0.39, 0.29) is 0 Å². The molecule has 1 fully saturated rings. The van der Waals surface area contributed by atoms with Gasteiger partial charge in [-0.3, -0.25) is 4.68 Å². The van der Waals surface area contributed by atoms with Gasteiger partial charge in [0.1, 0.15) is 5.75 Å². The third-order valence-corrected chi connectivity index (χ3v) is 5.32. The van der Waals surface area contributed by atoms with Gasteiger partial charge in [0.05, 0.1) is 18.8 Å². The van der Waals surface area contributed by atoms with Crippen LogP contribution < -0.4 is 10.1 Å². The average Bonchev–Trinajstić information content (AvgIpc) is 3.23. The number of ether oxygens (including phenoxy) is 1. The van der Waals surface area contributed by atoms with Crippen molar-refractivity contribution in [2.75, 3.05) is 14.2 Å². The minimum Gasteiger partial charge on any atom is -0.496 e. The lowest BCUT2D eigenvalue weighted by atomic mass is 10.1. The Balaban J connectivity index is 1.68. The van der Waals surface area contributed by atoms with Crippen LogP contribution in [0.15, 0.2) is 23.7 Å².